The summed E-state index contributed by atoms with van der Waals surface area (Å²) in [5.41, 5.74) is 10.7. The van der Waals surface area contributed by atoms with Crippen LogP contribution in [-0.2, 0) is 6.42 Å². The van der Waals surface area contributed by atoms with Crippen molar-refractivity contribution in [2.24, 2.45) is 0 Å². The van der Waals surface area contributed by atoms with Gasteiger partial charge in [-0.15, -0.1) is 0 Å². The smallest absolute Gasteiger partial charge is 0.0704 e. The maximum Gasteiger partial charge on any atom is 0.0704 e. The van der Waals surface area contributed by atoms with E-state index in [2.05, 4.69) is 125 Å². The molecule has 7 rings (SSSR count). The SMILES string of the molecule is C1=C(c2ccccc2)c2ccccc2[C@@H](c2ccccc2)N2CCc3c([nH]c4ccccc34)[C@H]12. The second-order valence-corrected chi connectivity index (χ2v) is 9.34. The normalized spacial score (nSPS) is 19.6. The molecule has 1 N–H and O–H groups in total. The third kappa shape index (κ3) is 2.99. The van der Waals surface area contributed by atoms with Crippen LogP contribution in [0.25, 0.3) is 16.5 Å². The Morgan fingerprint density at radius 3 is 2.26 bits per heavy atom. The monoisotopic (exact) mass is 438 g/mol. The van der Waals surface area contributed by atoms with E-state index >= 15 is 0 Å². The first-order valence-electron chi connectivity index (χ1n) is 12.2. The van der Waals surface area contributed by atoms with E-state index < -0.39 is 0 Å². The summed E-state index contributed by atoms with van der Waals surface area (Å²) in [6.07, 6.45) is 3.56. The van der Waals surface area contributed by atoms with Crippen molar-refractivity contribution in [3.05, 3.63) is 149 Å². The highest BCUT2D eigenvalue weighted by Gasteiger charge is 2.38. The van der Waals surface area contributed by atoms with Gasteiger partial charge in [-0.05, 0) is 45.9 Å². The highest BCUT2D eigenvalue weighted by molar-refractivity contribution is 5.87. The quantitative estimate of drug-likeness (QED) is 0.306. The Morgan fingerprint density at radius 2 is 1.41 bits per heavy atom. The van der Waals surface area contributed by atoms with Gasteiger partial charge in [0.15, 0.2) is 0 Å². The van der Waals surface area contributed by atoms with Crippen LogP contribution in [-0.4, -0.2) is 16.4 Å². The molecule has 164 valence electrons. The number of nitrogens with zero attached hydrogens (tertiary/aromatic N) is 1. The van der Waals surface area contributed by atoms with Gasteiger partial charge in [0, 0.05) is 23.1 Å². The van der Waals surface area contributed by atoms with Crippen LogP contribution < -0.4 is 0 Å². The molecule has 0 bridgehead atoms. The van der Waals surface area contributed by atoms with Crippen molar-refractivity contribution < 1.29 is 0 Å². The van der Waals surface area contributed by atoms with Crippen LogP contribution in [0.4, 0.5) is 0 Å². The fourth-order valence-corrected chi connectivity index (χ4v) is 6.04. The minimum atomic E-state index is 0.170. The van der Waals surface area contributed by atoms with Crippen molar-refractivity contribution in [3.63, 3.8) is 0 Å². The van der Waals surface area contributed by atoms with Crippen molar-refractivity contribution in [2.75, 3.05) is 6.54 Å². The number of para-hydroxylation sites is 1. The number of H-pyrrole nitrogens is 1. The van der Waals surface area contributed by atoms with Gasteiger partial charge in [0.2, 0.25) is 0 Å². The zero-order valence-electron chi connectivity index (χ0n) is 19.0. The topological polar surface area (TPSA) is 19.0 Å². The molecule has 0 saturated carbocycles. The first-order chi connectivity index (χ1) is 16.9. The van der Waals surface area contributed by atoms with Crippen LogP contribution in [0.2, 0.25) is 0 Å². The highest BCUT2D eigenvalue weighted by atomic mass is 15.2. The van der Waals surface area contributed by atoms with E-state index in [1.54, 1.807) is 0 Å². The van der Waals surface area contributed by atoms with Crippen LogP contribution in [0.1, 0.15) is 45.6 Å². The van der Waals surface area contributed by atoms with Gasteiger partial charge in [0.1, 0.15) is 0 Å². The molecule has 0 spiro atoms. The summed E-state index contributed by atoms with van der Waals surface area (Å²) in [6, 6.07) is 40.0. The minimum Gasteiger partial charge on any atom is -0.357 e. The van der Waals surface area contributed by atoms with E-state index in [0.717, 1.165) is 13.0 Å². The Balaban J connectivity index is 1.53. The van der Waals surface area contributed by atoms with E-state index in [4.69, 9.17) is 0 Å². The molecular weight excluding hydrogens is 412 g/mol. The standard InChI is InChI=1S/C32H26N2/c1-3-11-22(12-4-1)28-21-30-31-26(25-16-9-10-18-29(25)33-31)19-20-34(30)32(23-13-5-2-6-14-23)27-17-8-7-15-24(27)28/h1-18,21,30,32-33H,19-20H2/t30-,32+/m0/s1. The molecule has 4 aromatic carbocycles. The first-order valence-corrected chi connectivity index (χ1v) is 12.2. The molecule has 0 unspecified atom stereocenters. The molecule has 0 fully saturated rings. The third-order valence-electron chi connectivity index (χ3n) is 7.52. The van der Waals surface area contributed by atoms with Crippen LogP contribution in [0.15, 0.2) is 115 Å². The Kier molecular flexibility index (Phi) is 4.53. The summed E-state index contributed by atoms with van der Waals surface area (Å²) < 4.78 is 0. The van der Waals surface area contributed by atoms with Gasteiger partial charge in [-0.2, -0.15) is 0 Å². The number of hydrogen-bond donors (Lipinski definition) is 1. The van der Waals surface area contributed by atoms with E-state index in [-0.39, 0.29) is 12.1 Å². The van der Waals surface area contributed by atoms with Crippen molar-refractivity contribution in [1.29, 1.82) is 0 Å². The number of aromatic nitrogens is 1. The Labute approximate surface area is 200 Å². The van der Waals surface area contributed by atoms with Gasteiger partial charge < -0.3 is 4.98 Å². The number of hydrogen-bond acceptors (Lipinski definition) is 1. The molecule has 2 atom stereocenters. The number of benzene rings is 4. The largest absolute Gasteiger partial charge is 0.357 e. The summed E-state index contributed by atoms with van der Waals surface area (Å²) in [7, 11) is 0. The van der Waals surface area contributed by atoms with Gasteiger partial charge in [0.05, 0.1) is 12.1 Å². The van der Waals surface area contributed by atoms with Crippen molar-refractivity contribution >= 4 is 16.5 Å². The summed E-state index contributed by atoms with van der Waals surface area (Å²) >= 11 is 0. The number of fused-ring (bicyclic) bond motifs is 6. The summed E-state index contributed by atoms with van der Waals surface area (Å²) in [5.74, 6) is 0. The molecule has 34 heavy (non-hydrogen) atoms. The number of aromatic amines is 1. The van der Waals surface area contributed by atoms with Crippen LogP contribution >= 0.6 is 0 Å². The Bertz CT molecular complexity index is 1510. The lowest BCUT2D eigenvalue weighted by atomic mass is 9.88. The van der Waals surface area contributed by atoms with E-state index in [1.165, 1.54) is 50.0 Å². The van der Waals surface area contributed by atoms with Crippen LogP contribution in [0.5, 0.6) is 0 Å². The minimum absolute atomic E-state index is 0.170. The van der Waals surface area contributed by atoms with Crippen molar-refractivity contribution in [1.82, 2.24) is 9.88 Å². The van der Waals surface area contributed by atoms with Gasteiger partial charge >= 0.3 is 0 Å². The van der Waals surface area contributed by atoms with Gasteiger partial charge in [-0.3, -0.25) is 4.90 Å². The maximum atomic E-state index is 3.83. The third-order valence-corrected chi connectivity index (χ3v) is 7.52. The molecule has 3 heterocycles. The zero-order chi connectivity index (χ0) is 22.5. The molecule has 2 aliphatic rings. The fourth-order valence-electron chi connectivity index (χ4n) is 6.04. The van der Waals surface area contributed by atoms with Crippen LogP contribution in [0, 0.1) is 0 Å². The molecular formula is C32H26N2. The van der Waals surface area contributed by atoms with Crippen molar-refractivity contribution in [2.45, 2.75) is 18.5 Å². The lowest BCUT2D eigenvalue weighted by molar-refractivity contribution is 0.174. The van der Waals surface area contributed by atoms with Crippen LogP contribution in [0.3, 0.4) is 0 Å². The lowest BCUT2D eigenvalue weighted by Gasteiger charge is -2.39. The molecule has 1 aromatic heterocycles. The molecule has 0 radical (unpaired) electrons. The van der Waals surface area contributed by atoms with E-state index in [9.17, 15) is 0 Å². The first kappa shape index (κ1) is 19.6. The molecule has 2 nitrogen and oxygen atoms in total. The number of rotatable bonds is 2. The fraction of sp³-hybridized carbons (Fsp3) is 0.125. The van der Waals surface area contributed by atoms with Gasteiger partial charge in [0.25, 0.3) is 0 Å². The molecule has 0 aliphatic carbocycles. The second-order valence-electron chi connectivity index (χ2n) is 9.34. The predicted molar refractivity (Wildman–Crippen MR) is 140 cm³/mol. The molecule has 2 aliphatic heterocycles. The lowest BCUT2D eigenvalue weighted by Crippen LogP contribution is -2.37. The zero-order valence-corrected chi connectivity index (χ0v) is 19.0. The van der Waals surface area contributed by atoms with E-state index in [0.29, 0.717) is 0 Å². The summed E-state index contributed by atoms with van der Waals surface area (Å²) in [5, 5.41) is 1.37. The molecule has 0 saturated heterocycles. The molecule has 2 heteroatoms. The predicted octanol–water partition coefficient (Wildman–Crippen LogP) is 7.30. The Hall–Kier alpha value is -3.88. The van der Waals surface area contributed by atoms with Gasteiger partial charge in [-0.25, -0.2) is 0 Å². The Morgan fingerprint density at radius 1 is 0.706 bits per heavy atom. The van der Waals surface area contributed by atoms with Gasteiger partial charge in [-0.1, -0.05) is 109 Å². The maximum absolute atomic E-state index is 3.83. The molecule has 5 aromatic rings. The number of nitrogens with one attached hydrogen (secondary N) is 1. The summed E-state index contributed by atoms with van der Waals surface area (Å²) in [6.45, 7) is 1.02. The van der Waals surface area contributed by atoms with Crippen molar-refractivity contribution in [3.8, 4) is 0 Å². The highest BCUT2D eigenvalue weighted by Crippen LogP contribution is 2.47. The average molecular weight is 439 g/mol. The summed E-state index contributed by atoms with van der Waals surface area (Å²) in [4.78, 5) is 6.52. The van der Waals surface area contributed by atoms with E-state index in [1.807, 2.05) is 0 Å². The second kappa shape index (κ2) is 7.86. The molecule has 0 amide bonds. The average Bonchev–Trinajstić information content (AvgIpc) is 3.21.